The van der Waals surface area contributed by atoms with E-state index in [1.54, 1.807) is 25.6 Å². The zero-order chi connectivity index (χ0) is 16.9. The van der Waals surface area contributed by atoms with E-state index >= 15 is 0 Å². The molecule has 2 aromatic rings. The van der Waals surface area contributed by atoms with E-state index in [0.29, 0.717) is 18.0 Å². The summed E-state index contributed by atoms with van der Waals surface area (Å²) >= 11 is 1.56. The summed E-state index contributed by atoms with van der Waals surface area (Å²) in [5.74, 6) is -0.650. The van der Waals surface area contributed by atoms with E-state index in [-0.39, 0.29) is 5.91 Å². The Kier molecular flexibility index (Phi) is 3.53. The van der Waals surface area contributed by atoms with Gasteiger partial charge in [0.05, 0.1) is 11.1 Å². The first kappa shape index (κ1) is 15.7. The van der Waals surface area contributed by atoms with Crippen molar-refractivity contribution in [3.05, 3.63) is 34.7 Å². The Morgan fingerprint density at radius 2 is 1.96 bits per heavy atom. The molecule has 1 fully saturated rings. The van der Waals surface area contributed by atoms with Crippen molar-refractivity contribution in [1.29, 1.82) is 0 Å². The Hall–Kier alpha value is -1.76. The van der Waals surface area contributed by atoms with Crippen LogP contribution in [0.1, 0.15) is 30.2 Å². The van der Waals surface area contributed by atoms with Crippen LogP contribution in [0.5, 0.6) is 0 Å². The van der Waals surface area contributed by atoms with Gasteiger partial charge < -0.3 is 14.8 Å². The second-order valence-corrected chi connectivity index (χ2v) is 7.90. The fourth-order valence-corrected chi connectivity index (χ4v) is 4.73. The van der Waals surface area contributed by atoms with Crippen LogP contribution < -0.4 is 5.32 Å². The van der Waals surface area contributed by atoms with Crippen LogP contribution in [0, 0.1) is 5.41 Å². The van der Waals surface area contributed by atoms with Crippen LogP contribution in [0.4, 0.5) is 5.13 Å². The molecule has 2 aliphatic carbocycles. The summed E-state index contributed by atoms with van der Waals surface area (Å²) < 4.78 is 10.8. The molecule has 1 aromatic heterocycles. The van der Waals surface area contributed by atoms with Crippen molar-refractivity contribution in [3.8, 4) is 11.3 Å². The summed E-state index contributed by atoms with van der Waals surface area (Å²) in [5, 5.41) is 3.66. The number of ether oxygens (including phenoxy) is 2. The van der Waals surface area contributed by atoms with Gasteiger partial charge in [0.1, 0.15) is 0 Å². The van der Waals surface area contributed by atoms with E-state index in [1.165, 1.54) is 16.0 Å². The van der Waals surface area contributed by atoms with Crippen LogP contribution >= 0.6 is 11.3 Å². The van der Waals surface area contributed by atoms with Gasteiger partial charge in [0.2, 0.25) is 5.91 Å². The molecule has 2 aliphatic rings. The van der Waals surface area contributed by atoms with Crippen molar-refractivity contribution in [2.75, 3.05) is 19.5 Å². The third-order valence-electron chi connectivity index (χ3n) is 5.15. The number of thiazole rings is 1. The maximum Gasteiger partial charge on any atom is 0.232 e. The van der Waals surface area contributed by atoms with E-state index in [4.69, 9.17) is 9.47 Å². The molecule has 1 amide bonds. The van der Waals surface area contributed by atoms with Gasteiger partial charge in [0, 0.05) is 43.9 Å². The standard InChI is InChI=1S/C18H20N2O3S/c1-17(9-18(10-17,22-2)23-3)15(21)20-16-19-14-12-7-5-4-6-11(12)8-13(14)24-16/h4-7H,8-10H2,1-3H3,(H,19,20,21). The maximum atomic E-state index is 12.7. The van der Waals surface area contributed by atoms with E-state index < -0.39 is 11.2 Å². The second-order valence-electron chi connectivity index (χ2n) is 6.81. The number of carbonyl (C=O) groups excluding carboxylic acids is 1. The Labute approximate surface area is 145 Å². The number of nitrogens with zero attached hydrogens (tertiary/aromatic N) is 1. The summed E-state index contributed by atoms with van der Waals surface area (Å²) in [4.78, 5) is 18.5. The van der Waals surface area contributed by atoms with E-state index in [0.717, 1.165) is 12.1 Å². The molecule has 0 spiro atoms. The molecule has 0 unspecified atom stereocenters. The highest BCUT2D eigenvalue weighted by Crippen LogP contribution is 2.51. The number of amides is 1. The average Bonchev–Trinajstić information content (AvgIpc) is 3.08. The summed E-state index contributed by atoms with van der Waals surface area (Å²) in [6, 6.07) is 8.29. The van der Waals surface area contributed by atoms with Gasteiger partial charge >= 0.3 is 0 Å². The lowest BCUT2D eigenvalue weighted by Crippen LogP contribution is -2.57. The lowest BCUT2D eigenvalue weighted by atomic mass is 9.65. The molecule has 24 heavy (non-hydrogen) atoms. The lowest BCUT2D eigenvalue weighted by Gasteiger charge is -2.50. The molecular weight excluding hydrogens is 324 g/mol. The number of nitrogens with one attached hydrogen (secondary N) is 1. The molecule has 0 radical (unpaired) electrons. The Morgan fingerprint density at radius 3 is 2.67 bits per heavy atom. The molecule has 126 valence electrons. The first-order chi connectivity index (χ1) is 11.5. The number of fused-ring (bicyclic) bond motifs is 3. The van der Waals surface area contributed by atoms with Gasteiger partial charge in [-0.2, -0.15) is 0 Å². The SMILES string of the molecule is COC1(OC)CC(C)(C(=O)Nc2nc3c(s2)Cc2ccccc2-3)C1. The summed E-state index contributed by atoms with van der Waals surface area (Å²) in [5.41, 5.74) is 3.00. The number of aromatic nitrogens is 1. The smallest absolute Gasteiger partial charge is 0.232 e. The normalized spacial score (nSPS) is 19.3. The molecule has 1 N–H and O–H groups in total. The van der Waals surface area contributed by atoms with Crippen molar-refractivity contribution < 1.29 is 14.3 Å². The van der Waals surface area contributed by atoms with Crippen molar-refractivity contribution in [3.63, 3.8) is 0 Å². The molecule has 6 heteroatoms. The van der Waals surface area contributed by atoms with Crippen molar-refractivity contribution in [1.82, 2.24) is 4.98 Å². The summed E-state index contributed by atoms with van der Waals surface area (Å²) in [6.45, 7) is 1.94. The highest BCUT2D eigenvalue weighted by atomic mass is 32.1. The lowest BCUT2D eigenvalue weighted by molar-refractivity contribution is -0.286. The van der Waals surface area contributed by atoms with Gasteiger partial charge in [-0.25, -0.2) is 4.98 Å². The Balaban J connectivity index is 1.49. The zero-order valence-corrected chi connectivity index (χ0v) is 14.8. The minimum absolute atomic E-state index is 0.0204. The van der Waals surface area contributed by atoms with Crippen LogP contribution in [0.25, 0.3) is 11.3 Å². The van der Waals surface area contributed by atoms with Gasteiger partial charge in [-0.15, -0.1) is 11.3 Å². The van der Waals surface area contributed by atoms with Crippen molar-refractivity contribution in [2.45, 2.75) is 32.0 Å². The highest BCUT2D eigenvalue weighted by molar-refractivity contribution is 7.16. The number of rotatable bonds is 4. The first-order valence-electron chi connectivity index (χ1n) is 7.98. The number of methoxy groups -OCH3 is 2. The molecule has 0 aliphatic heterocycles. The van der Waals surface area contributed by atoms with Crippen molar-refractivity contribution >= 4 is 22.4 Å². The molecule has 0 saturated heterocycles. The minimum atomic E-state index is -0.629. The van der Waals surface area contributed by atoms with Gasteiger partial charge in [0.15, 0.2) is 10.9 Å². The van der Waals surface area contributed by atoms with Crippen LogP contribution in [0.2, 0.25) is 0 Å². The molecule has 1 aromatic carbocycles. The number of hydrogen-bond donors (Lipinski definition) is 1. The van der Waals surface area contributed by atoms with Crippen molar-refractivity contribution in [2.24, 2.45) is 5.41 Å². The summed E-state index contributed by atoms with van der Waals surface area (Å²) in [7, 11) is 3.23. The Morgan fingerprint density at radius 1 is 1.25 bits per heavy atom. The fourth-order valence-electron chi connectivity index (χ4n) is 3.73. The van der Waals surface area contributed by atoms with E-state index in [2.05, 4.69) is 22.4 Å². The third-order valence-corrected chi connectivity index (χ3v) is 6.12. The maximum absolute atomic E-state index is 12.7. The van der Waals surface area contributed by atoms with E-state index in [9.17, 15) is 4.79 Å². The largest absolute Gasteiger partial charge is 0.353 e. The molecule has 0 bridgehead atoms. The molecule has 1 saturated carbocycles. The van der Waals surface area contributed by atoms with Crippen LogP contribution in [0.3, 0.4) is 0 Å². The van der Waals surface area contributed by atoms with Crippen LogP contribution in [-0.2, 0) is 20.7 Å². The summed E-state index contributed by atoms with van der Waals surface area (Å²) in [6.07, 6.45) is 1.99. The minimum Gasteiger partial charge on any atom is -0.353 e. The molecular formula is C18H20N2O3S. The molecule has 0 atom stereocenters. The van der Waals surface area contributed by atoms with Gasteiger partial charge in [-0.1, -0.05) is 31.2 Å². The van der Waals surface area contributed by atoms with Gasteiger partial charge in [0.25, 0.3) is 0 Å². The second kappa shape index (κ2) is 5.37. The number of hydrogen-bond acceptors (Lipinski definition) is 5. The van der Waals surface area contributed by atoms with Gasteiger partial charge in [-0.3, -0.25) is 4.79 Å². The topological polar surface area (TPSA) is 60.5 Å². The third kappa shape index (κ3) is 2.29. The Bertz CT molecular complexity index is 802. The first-order valence-corrected chi connectivity index (χ1v) is 8.80. The van der Waals surface area contributed by atoms with Crippen LogP contribution in [-0.4, -0.2) is 30.9 Å². The predicted octanol–water partition coefficient (Wildman–Crippen LogP) is 3.44. The quantitative estimate of drug-likeness (QED) is 0.737. The average molecular weight is 344 g/mol. The van der Waals surface area contributed by atoms with Crippen LogP contribution in [0.15, 0.2) is 24.3 Å². The molecule has 1 heterocycles. The zero-order valence-electron chi connectivity index (χ0n) is 14.0. The molecule has 4 rings (SSSR count). The fraction of sp³-hybridized carbons (Fsp3) is 0.444. The molecule has 5 nitrogen and oxygen atoms in total. The number of anilines is 1. The predicted molar refractivity (Wildman–Crippen MR) is 93.1 cm³/mol. The number of benzene rings is 1. The highest BCUT2D eigenvalue weighted by Gasteiger charge is 2.57. The van der Waals surface area contributed by atoms with Gasteiger partial charge in [-0.05, 0) is 5.56 Å². The van der Waals surface area contributed by atoms with E-state index in [1.807, 2.05) is 19.1 Å². The number of carbonyl (C=O) groups is 1. The monoisotopic (exact) mass is 344 g/mol.